The van der Waals surface area contributed by atoms with Crippen LogP contribution in [0.5, 0.6) is 0 Å². The van der Waals surface area contributed by atoms with Crippen LogP contribution in [0.15, 0.2) is 42.5 Å². The number of rotatable bonds is 5. The largest absolute Gasteiger partial charge is 0.388 e. The van der Waals surface area contributed by atoms with Gasteiger partial charge in [-0.3, -0.25) is 4.90 Å². The topological polar surface area (TPSA) is 35.5 Å². The van der Waals surface area contributed by atoms with Crippen LogP contribution in [-0.4, -0.2) is 42.3 Å². The van der Waals surface area contributed by atoms with Crippen molar-refractivity contribution in [2.24, 2.45) is 11.8 Å². The molecule has 0 aromatic heterocycles. The lowest BCUT2D eigenvalue weighted by Gasteiger charge is -2.32. The van der Waals surface area contributed by atoms with Crippen LogP contribution < -0.4 is 5.32 Å². The number of aliphatic hydroxyl groups is 1. The molecule has 2 aromatic rings. The summed E-state index contributed by atoms with van der Waals surface area (Å²) in [5.74, 6) is 0.907. The Labute approximate surface area is 166 Å². The fourth-order valence-electron chi connectivity index (χ4n) is 6.30. The monoisotopic (exact) mass is 380 g/mol. The Morgan fingerprint density at radius 3 is 2.32 bits per heavy atom. The first kappa shape index (κ1) is 18.1. The van der Waals surface area contributed by atoms with Crippen molar-refractivity contribution in [2.45, 2.75) is 37.2 Å². The molecule has 2 fully saturated rings. The Morgan fingerprint density at radius 2 is 1.75 bits per heavy atom. The van der Waals surface area contributed by atoms with E-state index in [-0.39, 0.29) is 11.2 Å². The second-order valence-corrected chi connectivity index (χ2v) is 9.09. The van der Waals surface area contributed by atoms with Gasteiger partial charge in [0.2, 0.25) is 0 Å². The summed E-state index contributed by atoms with van der Waals surface area (Å²) >= 11 is 0. The highest BCUT2D eigenvalue weighted by atomic mass is 19.1. The molecule has 0 bridgehead atoms. The Balaban J connectivity index is 1.30. The molecule has 1 aliphatic heterocycles. The molecule has 2 aliphatic carbocycles. The molecule has 1 heterocycles. The summed E-state index contributed by atoms with van der Waals surface area (Å²) in [4.78, 5) is 2.41. The van der Waals surface area contributed by atoms with Gasteiger partial charge in [-0.25, -0.2) is 4.39 Å². The molecule has 148 valence electrons. The average molecular weight is 381 g/mol. The van der Waals surface area contributed by atoms with E-state index < -0.39 is 5.60 Å². The van der Waals surface area contributed by atoms with E-state index in [0.717, 1.165) is 43.6 Å². The third-order valence-electron chi connectivity index (χ3n) is 7.63. The lowest BCUT2D eigenvalue weighted by atomic mass is 9.86. The van der Waals surface area contributed by atoms with Crippen LogP contribution in [0.4, 0.5) is 10.1 Å². The molecular weight excluding hydrogens is 351 g/mol. The summed E-state index contributed by atoms with van der Waals surface area (Å²) < 4.78 is 14.7. The van der Waals surface area contributed by atoms with Crippen LogP contribution in [0, 0.1) is 17.7 Å². The number of piperidine rings is 1. The molecule has 0 unspecified atom stereocenters. The van der Waals surface area contributed by atoms with E-state index in [1.54, 1.807) is 12.1 Å². The third-order valence-corrected chi connectivity index (χ3v) is 7.63. The lowest BCUT2D eigenvalue weighted by Crippen LogP contribution is -2.45. The van der Waals surface area contributed by atoms with Gasteiger partial charge in [-0.1, -0.05) is 31.2 Å². The van der Waals surface area contributed by atoms with Gasteiger partial charge >= 0.3 is 0 Å². The third kappa shape index (κ3) is 2.61. The van der Waals surface area contributed by atoms with Crippen molar-refractivity contribution in [1.82, 2.24) is 4.90 Å². The second-order valence-electron chi connectivity index (χ2n) is 9.09. The van der Waals surface area contributed by atoms with Crippen molar-refractivity contribution in [3.8, 4) is 0 Å². The maximum absolute atomic E-state index is 14.7. The number of fused-ring (bicyclic) bond motifs is 2. The predicted octanol–water partition coefficient (Wildman–Crippen LogP) is 3.61. The van der Waals surface area contributed by atoms with Gasteiger partial charge in [-0.05, 0) is 53.1 Å². The maximum Gasteiger partial charge on any atom is 0.127 e. The number of hydrogen-bond donors (Lipinski definition) is 2. The summed E-state index contributed by atoms with van der Waals surface area (Å²) in [6.07, 6.45) is 2.45. The highest BCUT2D eigenvalue weighted by molar-refractivity contribution is 5.51. The van der Waals surface area contributed by atoms with E-state index in [1.165, 1.54) is 11.1 Å². The van der Waals surface area contributed by atoms with E-state index in [0.29, 0.717) is 18.4 Å². The maximum atomic E-state index is 14.7. The SMILES string of the molecule is CC[C@]1(c2cc(NC)ccc2F)[C@@H]2CN(CC3(O)Cc4ccccc4C3)C[C@@H]21. The molecule has 2 aromatic carbocycles. The Hall–Kier alpha value is -1.91. The molecule has 3 atom stereocenters. The smallest absolute Gasteiger partial charge is 0.127 e. The zero-order valence-corrected chi connectivity index (χ0v) is 16.7. The van der Waals surface area contributed by atoms with Gasteiger partial charge in [-0.2, -0.15) is 0 Å². The molecule has 1 saturated carbocycles. The predicted molar refractivity (Wildman–Crippen MR) is 110 cm³/mol. The molecule has 2 N–H and O–H groups in total. The minimum absolute atomic E-state index is 0.0330. The number of anilines is 1. The summed E-state index contributed by atoms with van der Waals surface area (Å²) in [5, 5.41) is 14.3. The van der Waals surface area contributed by atoms with Crippen molar-refractivity contribution >= 4 is 5.69 Å². The van der Waals surface area contributed by atoms with E-state index in [9.17, 15) is 9.50 Å². The lowest BCUT2D eigenvalue weighted by molar-refractivity contribution is 0.0138. The normalized spacial score (nSPS) is 30.1. The zero-order valence-electron chi connectivity index (χ0n) is 16.7. The Bertz CT molecular complexity index is 874. The fourth-order valence-corrected chi connectivity index (χ4v) is 6.30. The highest BCUT2D eigenvalue weighted by Crippen LogP contribution is 2.66. The van der Waals surface area contributed by atoms with Crippen LogP contribution in [-0.2, 0) is 18.3 Å². The van der Waals surface area contributed by atoms with Crippen molar-refractivity contribution in [2.75, 3.05) is 32.0 Å². The van der Waals surface area contributed by atoms with Gasteiger partial charge in [0.15, 0.2) is 0 Å². The number of halogens is 1. The van der Waals surface area contributed by atoms with Crippen LogP contribution >= 0.6 is 0 Å². The molecule has 0 amide bonds. The van der Waals surface area contributed by atoms with Gasteiger partial charge in [0.05, 0.1) is 5.60 Å². The Kier molecular flexibility index (Phi) is 4.08. The van der Waals surface area contributed by atoms with Crippen LogP contribution in [0.3, 0.4) is 0 Å². The summed E-state index contributed by atoms with van der Waals surface area (Å²) in [6.45, 7) is 4.82. The van der Waals surface area contributed by atoms with Crippen molar-refractivity contribution in [3.05, 3.63) is 65.0 Å². The molecule has 3 aliphatic rings. The number of β-amino-alcohol motifs (C(OH)–C–C–N with tert-alkyl or cyclic N) is 1. The number of likely N-dealkylation sites (tertiary alicyclic amines) is 1. The second kappa shape index (κ2) is 6.30. The first-order valence-electron chi connectivity index (χ1n) is 10.5. The first-order valence-corrected chi connectivity index (χ1v) is 10.5. The van der Waals surface area contributed by atoms with Crippen molar-refractivity contribution < 1.29 is 9.50 Å². The minimum atomic E-state index is -0.660. The highest BCUT2D eigenvalue weighted by Gasteiger charge is 2.68. The molecule has 4 heteroatoms. The van der Waals surface area contributed by atoms with Gasteiger partial charge < -0.3 is 10.4 Å². The molecule has 0 spiro atoms. The van der Waals surface area contributed by atoms with Gasteiger partial charge in [0, 0.05) is 50.6 Å². The fraction of sp³-hybridized carbons (Fsp3) is 0.500. The number of hydrogen-bond acceptors (Lipinski definition) is 3. The van der Waals surface area contributed by atoms with Crippen LogP contribution in [0.2, 0.25) is 0 Å². The average Bonchev–Trinajstić information content (AvgIpc) is 2.96. The Morgan fingerprint density at radius 1 is 1.11 bits per heavy atom. The minimum Gasteiger partial charge on any atom is -0.388 e. The molecule has 1 saturated heterocycles. The molecule has 28 heavy (non-hydrogen) atoms. The van der Waals surface area contributed by atoms with E-state index in [4.69, 9.17) is 0 Å². The number of nitrogens with zero attached hydrogens (tertiary/aromatic N) is 1. The quantitative estimate of drug-likeness (QED) is 0.832. The zero-order chi connectivity index (χ0) is 19.5. The van der Waals surface area contributed by atoms with Gasteiger partial charge in [0.1, 0.15) is 5.82 Å². The molecule has 0 radical (unpaired) electrons. The summed E-state index contributed by atoms with van der Waals surface area (Å²) in [7, 11) is 1.88. The standard InChI is InChI=1S/C24H29FN2O/c1-3-24(19-10-18(26-2)8-9-22(19)25)20-13-27(14-21(20)24)15-23(28)11-16-6-4-5-7-17(16)12-23/h4-10,20-21,26,28H,3,11-15H2,1-2H3/t20-,21+,24+. The van der Waals surface area contributed by atoms with E-state index >= 15 is 0 Å². The van der Waals surface area contributed by atoms with Crippen molar-refractivity contribution in [3.63, 3.8) is 0 Å². The van der Waals surface area contributed by atoms with E-state index in [1.807, 2.05) is 13.1 Å². The van der Waals surface area contributed by atoms with Crippen LogP contribution in [0.1, 0.15) is 30.0 Å². The van der Waals surface area contributed by atoms with Gasteiger partial charge in [-0.15, -0.1) is 0 Å². The molecule has 5 rings (SSSR count). The van der Waals surface area contributed by atoms with E-state index in [2.05, 4.69) is 41.4 Å². The van der Waals surface area contributed by atoms with Gasteiger partial charge in [0.25, 0.3) is 0 Å². The van der Waals surface area contributed by atoms with Crippen LogP contribution in [0.25, 0.3) is 0 Å². The number of nitrogens with one attached hydrogen (secondary N) is 1. The summed E-state index contributed by atoms with van der Waals surface area (Å²) in [6, 6.07) is 13.8. The van der Waals surface area contributed by atoms with Crippen molar-refractivity contribution in [1.29, 1.82) is 0 Å². The summed E-state index contributed by atoms with van der Waals surface area (Å²) in [5.41, 5.74) is 3.72. The molecule has 3 nitrogen and oxygen atoms in total. The molecular formula is C24H29FN2O. The first-order chi connectivity index (χ1) is 13.5. The number of benzene rings is 2.